The normalized spacial score (nSPS) is 12.6. The van der Waals surface area contributed by atoms with Crippen molar-refractivity contribution in [2.45, 2.75) is 32.6 Å². The number of benzene rings is 1. The number of halogens is 1. The van der Waals surface area contributed by atoms with E-state index >= 15 is 0 Å². The molecular formula is C25H26FN5O4. The molecule has 0 spiro atoms. The van der Waals surface area contributed by atoms with Crippen molar-refractivity contribution in [1.29, 1.82) is 0 Å². The Bertz CT molecular complexity index is 1220. The van der Waals surface area contributed by atoms with E-state index in [1.54, 1.807) is 25.4 Å². The molecule has 2 aromatic heterocycles. The molecule has 1 aromatic carbocycles. The smallest absolute Gasteiger partial charge is 0.329 e. The SMILES string of the molecule is COc1cc(OC)c(F)c(CCc2cnc(NC(=O)N3CCCc4ccc(C=O)nc43)nc2)c1C. The Labute approximate surface area is 202 Å². The molecular weight excluding hydrogens is 453 g/mol. The van der Waals surface area contributed by atoms with Gasteiger partial charge in [0.25, 0.3) is 0 Å². The number of hydrogen-bond donors (Lipinski definition) is 1. The van der Waals surface area contributed by atoms with Crippen LogP contribution in [0.15, 0.2) is 30.6 Å². The van der Waals surface area contributed by atoms with Gasteiger partial charge >= 0.3 is 6.03 Å². The van der Waals surface area contributed by atoms with Crippen LogP contribution in [0.3, 0.4) is 0 Å². The first-order valence-corrected chi connectivity index (χ1v) is 11.2. The van der Waals surface area contributed by atoms with Gasteiger partial charge in [0, 0.05) is 25.0 Å². The van der Waals surface area contributed by atoms with E-state index in [1.165, 1.54) is 25.2 Å². The monoisotopic (exact) mass is 479 g/mol. The standard InChI is InChI=1S/C25H26FN5O4/c1-15-19(22(26)21(35-3)11-20(15)34-2)9-6-16-12-27-24(28-13-16)30-25(33)31-10-4-5-17-7-8-18(14-32)29-23(17)31/h7-8,11-14H,4-6,9-10H2,1-3H3,(H,27,28,30,33). The Morgan fingerprint density at radius 1 is 1.17 bits per heavy atom. The Hall–Kier alpha value is -4.08. The number of nitrogens with zero attached hydrogens (tertiary/aromatic N) is 4. The molecule has 0 saturated carbocycles. The summed E-state index contributed by atoms with van der Waals surface area (Å²) in [5.41, 5.74) is 3.17. The maximum atomic E-state index is 14.8. The van der Waals surface area contributed by atoms with Crippen molar-refractivity contribution in [3.8, 4) is 11.5 Å². The van der Waals surface area contributed by atoms with Crippen molar-refractivity contribution in [3.63, 3.8) is 0 Å². The lowest BCUT2D eigenvalue weighted by atomic mass is 9.99. The zero-order chi connectivity index (χ0) is 24.9. The summed E-state index contributed by atoms with van der Waals surface area (Å²) in [5, 5.41) is 2.68. The molecule has 0 unspecified atom stereocenters. The predicted molar refractivity (Wildman–Crippen MR) is 128 cm³/mol. The largest absolute Gasteiger partial charge is 0.496 e. The van der Waals surface area contributed by atoms with Crippen LogP contribution in [0.1, 0.15) is 39.2 Å². The van der Waals surface area contributed by atoms with Crippen LogP contribution in [0.25, 0.3) is 0 Å². The van der Waals surface area contributed by atoms with Crippen LogP contribution in [-0.2, 0) is 19.3 Å². The fraction of sp³-hybridized carbons (Fsp3) is 0.320. The average molecular weight is 480 g/mol. The summed E-state index contributed by atoms with van der Waals surface area (Å²) in [6.07, 6.45) is 6.31. The van der Waals surface area contributed by atoms with Crippen LogP contribution in [-0.4, -0.2) is 48.0 Å². The number of carbonyl (C=O) groups is 2. The van der Waals surface area contributed by atoms with Gasteiger partial charge in [-0.3, -0.25) is 15.0 Å². The molecule has 9 nitrogen and oxygen atoms in total. The topological polar surface area (TPSA) is 107 Å². The number of aromatic nitrogens is 3. The molecule has 0 atom stereocenters. The number of nitrogens with one attached hydrogen (secondary N) is 1. The Balaban J connectivity index is 1.44. The molecule has 0 saturated heterocycles. The predicted octanol–water partition coefficient (Wildman–Crippen LogP) is 3.92. The first-order valence-electron chi connectivity index (χ1n) is 11.2. The van der Waals surface area contributed by atoms with Gasteiger partial charge < -0.3 is 9.47 Å². The second-order valence-corrected chi connectivity index (χ2v) is 8.14. The van der Waals surface area contributed by atoms with Gasteiger partial charge in [-0.1, -0.05) is 6.07 Å². The molecule has 10 heteroatoms. The van der Waals surface area contributed by atoms with E-state index in [9.17, 15) is 14.0 Å². The lowest BCUT2D eigenvalue weighted by Crippen LogP contribution is -2.39. The number of ether oxygens (including phenoxy) is 2. The lowest BCUT2D eigenvalue weighted by Gasteiger charge is -2.28. The van der Waals surface area contributed by atoms with Gasteiger partial charge in [0.2, 0.25) is 5.95 Å². The van der Waals surface area contributed by atoms with Crippen LogP contribution in [0.2, 0.25) is 0 Å². The summed E-state index contributed by atoms with van der Waals surface area (Å²) >= 11 is 0. The number of pyridine rings is 1. The molecule has 4 rings (SSSR count). The summed E-state index contributed by atoms with van der Waals surface area (Å²) in [4.78, 5) is 38.2. The number of hydrogen-bond acceptors (Lipinski definition) is 7. The minimum Gasteiger partial charge on any atom is -0.496 e. The van der Waals surface area contributed by atoms with Crippen molar-refractivity contribution in [2.75, 3.05) is 31.0 Å². The summed E-state index contributed by atoms with van der Waals surface area (Å²) < 4.78 is 25.3. The fourth-order valence-electron chi connectivity index (χ4n) is 4.11. The van der Waals surface area contributed by atoms with E-state index in [0.717, 1.165) is 24.0 Å². The maximum absolute atomic E-state index is 14.8. The van der Waals surface area contributed by atoms with Gasteiger partial charge in [-0.05, 0) is 60.9 Å². The highest BCUT2D eigenvalue weighted by Gasteiger charge is 2.25. The Morgan fingerprint density at radius 3 is 2.60 bits per heavy atom. The molecule has 1 aliphatic heterocycles. The van der Waals surface area contributed by atoms with Crippen molar-refractivity contribution < 1.29 is 23.5 Å². The summed E-state index contributed by atoms with van der Waals surface area (Å²) in [5.74, 6) is 0.889. The summed E-state index contributed by atoms with van der Waals surface area (Å²) in [6, 6.07) is 4.57. The number of anilines is 2. The number of carbonyl (C=O) groups excluding carboxylic acids is 2. The van der Waals surface area contributed by atoms with Crippen molar-refractivity contribution in [1.82, 2.24) is 15.0 Å². The Morgan fingerprint density at radius 2 is 1.91 bits per heavy atom. The second kappa shape index (κ2) is 10.5. The van der Waals surface area contributed by atoms with Crippen molar-refractivity contribution >= 4 is 24.1 Å². The average Bonchev–Trinajstić information content (AvgIpc) is 2.89. The molecule has 0 radical (unpaired) electrons. The van der Waals surface area contributed by atoms with Gasteiger partial charge in [-0.2, -0.15) is 0 Å². The van der Waals surface area contributed by atoms with Gasteiger partial charge in [-0.15, -0.1) is 0 Å². The molecule has 3 aromatic rings. The highest BCUT2D eigenvalue weighted by molar-refractivity contribution is 6.01. The van der Waals surface area contributed by atoms with E-state index in [0.29, 0.717) is 48.4 Å². The minimum absolute atomic E-state index is 0.130. The minimum atomic E-state index is -0.421. The summed E-state index contributed by atoms with van der Waals surface area (Å²) in [7, 11) is 2.95. The summed E-state index contributed by atoms with van der Waals surface area (Å²) in [6.45, 7) is 2.28. The van der Waals surface area contributed by atoms with Crippen molar-refractivity contribution in [3.05, 3.63) is 64.4 Å². The molecule has 3 heterocycles. The lowest BCUT2D eigenvalue weighted by molar-refractivity contribution is 0.111. The van der Waals surface area contributed by atoms with Gasteiger partial charge in [-0.25, -0.2) is 24.1 Å². The zero-order valence-electron chi connectivity index (χ0n) is 19.8. The van der Waals surface area contributed by atoms with Gasteiger partial charge in [0.15, 0.2) is 17.9 Å². The third-order valence-corrected chi connectivity index (χ3v) is 6.02. The molecule has 2 amide bonds. The number of aryl methyl sites for hydroxylation is 2. The number of amides is 2. The van der Waals surface area contributed by atoms with E-state index < -0.39 is 11.8 Å². The van der Waals surface area contributed by atoms with Crippen LogP contribution in [0, 0.1) is 12.7 Å². The van der Waals surface area contributed by atoms with Crippen molar-refractivity contribution in [2.24, 2.45) is 0 Å². The highest BCUT2D eigenvalue weighted by atomic mass is 19.1. The molecule has 1 N–H and O–H groups in total. The maximum Gasteiger partial charge on any atom is 0.329 e. The third-order valence-electron chi connectivity index (χ3n) is 6.02. The number of aldehydes is 1. The zero-order valence-corrected chi connectivity index (χ0v) is 19.8. The molecule has 0 bridgehead atoms. The number of rotatable bonds is 7. The van der Waals surface area contributed by atoms with Crippen LogP contribution >= 0.6 is 0 Å². The fourth-order valence-corrected chi connectivity index (χ4v) is 4.11. The molecule has 35 heavy (non-hydrogen) atoms. The quantitative estimate of drug-likeness (QED) is 0.512. The molecule has 0 aliphatic carbocycles. The molecule has 1 aliphatic rings. The van der Waals surface area contributed by atoms with Crippen LogP contribution in [0.5, 0.6) is 11.5 Å². The van der Waals surface area contributed by atoms with E-state index in [2.05, 4.69) is 20.3 Å². The highest BCUT2D eigenvalue weighted by Crippen LogP contribution is 2.32. The van der Waals surface area contributed by atoms with E-state index in [1.807, 2.05) is 6.07 Å². The first-order chi connectivity index (χ1) is 16.9. The van der Waals surface area contributed by atoms with Crippen LogP contribution in [0.4, 0.5) is 21.0 Å². The number of methoxy groups -OCH3 is 2. The van der Waals surface area contributed by atoms with E-state index in [-0.39, 0.29) is 17.4 Å². The number of fused-ring (bicyclic) bond motifs is 1. The third kappa shape index (κ3) is 5.06. The molecule has 182 valence electrons. The van der Waals surface area contributed by atoms with Gasteiger partial charge in [0.05, 0.1) is 14.2 Å². The first kappa shape index (κ1) is 24.1. The number of urea groups is 1. The van der Waals surface area contributed by atoms with Gasteiger partial charge in [0.1, 0.15) is 17.3 Å². The molecule has 0 fully saturated rings. The van der Waals surface area contributed by atoms with Crippen LogP contribution < -0.4 is 19.7 Å². The Kier molecular flexibility index (Phi) is 7.19. The van der Waals surface area contributed by atoms with E-state index in [4.69, 9.17) is 9.47 Å². The second-order valence-electron chi connectivity index (χ2n) is 8.14.